The first-order valence-electron chi connectivity index (χ1n) is 9.42. The van der Waals surface area contributed by atoms with Gasteiger partial charge in [0, 0.05) is 44.3 Å². The number of nitrogens with zero attached hydrogens (tertiary/aromatic N) is 3. The van der Waals surface area contributed by atoms with Crippen molar-refractivity contribution in [1.82, 2.24) is 14.1 Å². The maximum absolute atomic E-state index is 13.0. The van der Waals surface area contributed by atoms with Crippen molar-refractivity contribution in [1.29, 1.82) is 0 Å². The minimum Gasteiger partial charge on any atom is -0.482 e. The Kier molecular flexibility index (Phi) is 7.16. The van der Waals surface area contributed by atoms with Gasteiger partial charge in [0.05, 0.1) is 13.2 Å². The maximum atomic E-state index is 13.0. The summed E-state index contributed by atoms with van der Waals surface area (Å²) < 4.78 is 38.2. The zero-order chi connectivity index (χ0) is 20.1. The lowest BCUT2D eigenvalue weighted by atomic mass is 10.3. The molecule has 2 aliphatic heterocycles. The Balaban J connectivity index is 1.70. The fourth-order valence-electron chi connectivity index (χ4n) is 3.27. The van der Waals surface area contributed by atoms with E-state index >= 15 is 0 Å². The number of carbonyl (C=O) groups is 1. The Morgan fingerprint density at radius 3 is 2.46 bits per heavy atom. The first-order chi connectivity index (χ1) is 13.4. The van der Waals surface area contributed by atoms with E-state index in [1.165, 1.54) is 16.4 Å². The monoisotopic (exact) mass is 431 g/mol. The molecule has 1 aromatic rings. The second-order valence-corrected chi connectivity index (χ2v) is 9.05. The molecule has 156 valence electrons. The van der Waals surface area contributed by atoms with E-state index in [-0.39, 0.29) is 36.2 Å². The summed E-state index contributed by atoms with van der Waals surface area (Å²) in [5.41, 5.74) is 0. The molecule has 0 spiro atoms. The SMILES string of the molecule is CCN1CCN(C(=O)COc2ccc(Cl)cc2S(=O)(=O)N2CCOCC2)CC1. The number of morpholine rings is 1. The molecular weight excluding hydrogens is 406 g/mol. The molecule has 28 heavy (non-hydrogen) atoms. The lowest BCUT2D eigenvalue weighted by Gasteiger charge is -2.34. The molecule has 0 N–H and O–H groups in total. The zero-order valence-electron chi connectivity index (χ0n) is 16.0. The van der Waals surface area contributed by atoms with Crippen molar-refractivity contribution in [3.05, 3.63) is 23.2 Å². The Bertz CT molecular complexity index is 790. The summed E-state index contributed by atoms with van der Waals surface area (Å²) in [6.07, 6.45) is 0. The molecule has 0 saturated carbocycles. The van der Waals surface area contributed by atoms with Gasteiger partial charge in [0.2, 0.25) is 10.0 Å². The van der Waals surface area contributed by atoms with Gasteiger partial charge < -0.3 is 19.3 Å². The number of rotatable bonds is 6. The minimum absolute atomic E-state index is 0.0227. The van der Waals surface area contributed by atoms with E-state index in [9.17, 15) is 13.2 Å². The van der Waals surface area contributed by atoms with Crippen molar-refractivity contribution in [3.63, 3.8) is 0 Å². The molecule has 0 unspecified atom stereocenters. The molecule has 2 aliphatic rings. The van der Waals surface area contributed by atoms with Crippen molar-refractivity contribution in [2.75, 3.05) is 65.6 Å². The van der Waals surface area contributed by atoms with Gasteiger partial charge in [-0.2, -0.15) is 4.31 Å². The highest BCUT2D eigenvalue weighted by Crippen LogP contribution is 2.30. The van der Waals surface area contributed by atoms with Crippen LogP contribution in [0.25, 0.3) is 0 Å². The molecule has 0 bridgehead atoms. The predicted molar refractivity (Wildman–Crippen MR) is 105 cm³/mol. The molecule has 0 atom stereocenters. The fraction of sp³-hybridized carbons (Fsp3) is 0.611. The third-order valence-electron chi connectivity index (χ3n) is 5.02. The van der Waals surface area contributed by atoms with E-state index in [1.54, 1.807) is 11.0 Å². The van der Waals surface area contributed by atoms with Crippen molar-refractivity contribution in [3.8, 4) is 5.75 Å². The molecule has 3 rings (SSSR count). The molecule has 2 heterocycles. The van der Waals surface area contributed by atoms with Crippen LogP contribution < -0.4 is 4.74 Å². The lowest BCUT2D eigenvalue weighted by molar-refractivity contribution is -0.135. The van der Waals surface area contributed by atoms with Crippen LogP contribution in [0.2, 0.25) is 5.02 Å². The molecule has 0 aromatic heterocycles. The van der Waals surface area contributed by atoms with E-state index in [0.717, 1.165) is 19.6 Å². The first kappa shape index (κ1) is 21.3. The number of hydrogen-bond acceptors (Lipinski definition) is 6. The quantitative estimate of drug-likeness (QED) is 0.666. The van der Waals surface area contributed by atoms with Crippen LogP contribution in [-0.4, -0.2) is 94.1 Å². The van der Waals surface area contributed by atoms with Crippen molar-refractivity contribution >= 4 is 27.5 Å². The maximum Gasteiger partial charge on any atom is 0.260 e. The van der Waals surface area contributed by atoms with Crippen LogP contribution in [0.5, 0.6) is 5.75 Å². The topological polar surface area (TPSA) is 79.4 Å². The molecular formula is C18H26ClN3O5S. The van der Waals surface area contributed by atoms with E-state index in [4.69, 9.17) is 21.1 Å². The summed E-state index contributed by atoms with van der Waals surface area (Å²) in [6, 6.07) is 4.42. The molecule has 2 saturated heterocycles. The third-order valence-corrected chi connectivity index (χ3v) is 7.17. The number of likely N-dealkylation sites (N-methyl/N-ethyl adjacent to an activating group) is 1. The van der Waals surface area contributed by atoms with E-state index in [2.05, 4.69) is 11.8 Å². The van der Waals surface area contributed by atoms with Crippen LogP contribution in [0.15, 0.2) is 23.1 Å². The summed E-state index contributed by atoms with van der Waals surface area (Å²) in [7, 11) is -3.79. The zero-order valence-corrected chi connectivity index (χ0v) is 17.5. The number of carbonyl (C=O) groups excluding carboxylic acids is 1. The van der Waals surface area contributed by atoms with Gasteiger partial charge in [-0.1, -0.05) is 18.5 Å². The summed E-state index contributed by atoms with van der Waals surface area (Å²) >= 11 is 6.03. The number of amides is 1. The summed E-state index contributed by atoms with van der Waals surface area (Å²) in [5.74, 6) is -0.0168. The minimum atomic E-state index is -3.79. The number of benzene rings is 1. The van der Waals surface area contributed by atoms with Crippen LogP contribution in [0.3, 0.4) is 0 Å². The number of hydrogen-bond donors (Lipinski definition) is 0. The van der Waals surface area contributed by atoms with Crippen LogP contribution in [-0.2, 0) is 19.6 Å². The van der Waals surface area contributed by atoms with Gasteiger partial charge in [-0.25, -0.2) is 8.42 Å². The average molecular weight is 432 g/mol. The summed E-state index contributed by atoms with van der Waals surface area (Å²) in [5, 5.41) is 0.293. The number of piperazine rings is 1. The van der Waals surface area contributed by atoms with E-state index in [0.29, 0.717) is 31.3 Å². The molecule has 8 nitrogen and oxygen atoms in total. The standard InChI is InChI=1S/C18H26ClN3O5S/c1-2-20-5-7-21(8-6-20)18(23)14-27-16-4-3-15(19)13-17(16)28(24,25)22-9-11-26-12-10-22/h3-4,13H,2,5-12,14H2,1H3. The highest BCUT2D eigenvalue weighted by molar-refractivity contribution is 7.89. The summed E-state index contributed by atoms with van der Waals surface area (Å²) in [6.45, 7) is 7.05. The van der Waals surface area contributed by atoms with Gasteiger partial charge in [-0.3, -0.25) is 4.79 Å². The third kappa shape index (κ3) is 4.96. The smallest absolute Gasteiger partial charge is 0.260 e. The number of sulfonamides is 1. The highest BCUT2D eigenvalue weighted by atomic mass is 35.5. The molecule has 0 radical (unpaired) electrons. The molecule has 10 heteroatoms. The Hall–Kier alpha value is -1.39. The van der Waals surface area contributed by atoms with Crippen molar-refractivity contribution in [2.24, 2.45) is 0 Å². The van der Waals surface area contributed by atoms with Gasteiger partial charge >= 0.3 is 0 Å². The van der Waals surface area contributed by atoms with Crippen molar-refractivity contribution in [2.45, 2.75) is 11.8 Å². The van der Waals surface area contributed by atoms with Crippen LogP contribution in [0, 0.1) is 0 Å². The van der Waals surface area contributed by atoms with Gasteiger partial charge in [0.1, 0.15) is 10.6 Å². The van der Waals surface area contributed by atoms with Crippen LogP contribution in [0.4, 0.5) is 0 Å². The average Bonchev–Trinajstić information content (AvgIpc) is 2.73. The van der Waals surface area contributed by atoms with Crippen molar-refractivity contribution < 1.29 is 22.7 Å². The van der Waals surface area contributed by atoms with Gasteiger partial charge in [-0.05, 0) is 24.7 Å². The summed E-state index contributed by atoms with van der Waals surface area (Å²) in [4.78, 5) is 16.5. The number of halogens is 1. The Labute approximate surface area is 171 Å². The first-order valence-corrected chi connectivity index (χ1v) is 11.2. The number of ether oxygens (including phenoxy) is 2. The molecule has 2 fully saturated rings. The Morgan fingerprint density at radius 1 is 1.14 bits per heavy atom. The predicted octanol–water partition coefficient (Wildman–Crippen LogP) is 0.904. The second kappa shape index (κ2) is 9.41. The highest BCUT2D eigenvalue weighted by Gasteiger charge is 2.30. The van der Waals surface area contributed by atoms with E-state index in [1.807, 2.05) is 0 Å². The van der Waals surface area contributed by atoms with Gasteiger partial charge in [0.25, 0.3) is 5.91 Å². The Morgan fingerprint density at radius 2 is 1.82 bits per heavy atom. The fourth-order valence-corrected chi connectivity index (χ4v) is 5.07. The van der Waals surface area contributed by atoms with E-state index < -0.39 is 10.0 Å². The van der Waals surface area contributed by atoms with Crippen LogP contribution >= 0.6 is 11.6 Å². The second-order valence-electron chi connectivity index (χ2n) is 6.71. The molecule has 1 amide bonds. The lowest BCUT2D eigenvalue weighted by Crippen LogP contribution is -2.49. The largest absolute Gasteiger partial charge is 0.482 e. The molecule has 0 aliphatic carbocycles. The normalized spacial score (nSPS) is 19.6. The van der Waals surface area contributed by atoms with Gasteiger partial charge in [0.15, 0.2) is 6.61 Å². The van der Waals surface area contributed by atoms with Crippen LogP contribution in [0.1, 0.15) is 6.92 Å². The van der Waals surface area contributed by atoms with Gasteiger partial charge in [-0.15, -0.1) is 0 Å². The molecule has 1 aromatic carbocycles.